The molecule has 2 atom stereocenters. The van der Waals surface area contributed by atoms with E-state index >= 15 is 0 Å². The first-order valence-corrected chi connectivity index (χ1v) is 10.6. The molecule has 2 aromatic carbocycles. The summed E-state index contributed by atoms with van der Waals surface area (Å²) in [6, 6.07) is 11.9. The summed E-state index contributed by atoms with van der Waals surface area (Å²) < 4.78 is 39.4. The highest BCUT2D eigenvalue weighted by molar-refractivity contribution is 7.92. The molecule has 27 heavy (non-hydrogen) atoms. The number of carbonyl (C=O) groups is 1. The van der Waals surface area contributed by atoms with E-state index in [4.69, 9.17) is 0 Å². The van der Waals surface area contributed by atoms with Gasteiger partial charge in [0, 0.05) is 0 Å². The van der Waals surface area contributed by atoms with Gasteiger partial charge in [-0.05, 0) is 43.5 Å². The van der Waals surface area contributed by atoms with Crippen LogP contribution in [0.2, 0.25) is 0 Å². The second-order valence-electron chi connectivity index (χ2n) is 6.51. The zero-order valence-electron chi connectivity index (χ0n) is 15.9. The van der Waals surface area contributed by atoms with E-state index in [-0.39, 0.29) is 11.7 Å². The summed E-state index contributed by atoms with van der Waals surface area (Å²) in [5.74, 6) is -1.21. The summed E-state index contributed by atoms with van der Waals surface area (Å²) in [5, 5.41) is 2.81. The first-order valence-electron chi connectivity index (χ1n) is 8.78. The molecule has 0 aliphatic heterocycles. The Morgan fingerprint density at radius 1 is 1.11 bits per heavy atom. The maximum Gasteiger partial charge on any atom is 0.244 e. The normalized spacial score (nSPS) is 13.7. The largest absolute Gasteiger partial charge is 0.348 e. The van der Waals surface area contributed by atoms with Crippen LogP contribution in [0.15, 0.2) is 48.5 Å². The van der Waals surface area contributed by atoms with Gasteiger partial charge in [-0.25, -0.2) is 12.8 Å². The van der Waals surface area contributed by atoms with Crippen molar-refractivity contribution in [3.63, 3.8) is 0 Å². The predicted octanol–water partition coefficient (Wildman–Crippen LogP) is 3.42. The fourth-order valence-electron chi connectivity index (χ4n) is 2.87. The highest BCUT2D eigenvalue weighted by Gasteiger charge is 2.31. The molecule has 2 aromatic rings. The molecule has 146 valence electrons. The number of benzene rings is 2. The van der Waals surface area contributed by atoms with Crippen molar-refractivity contribution in [1.82, 2.24) is 5.32 Å². The van der Waals surface area contributed by atoms with E-state index in [0.717, 1.165) is 28.6 Å². The van der Waals surface area contributed by atoms with Gasteiger partial charge < -0.3 is 5.32 Å². The average molecular weight is 392 g/mol. The van der Waals surface area contributed by atoms with Crippen molar-refractivity contribution in [3.05, 3.63) is 65.5 Å². The number of carbonyl (C=O) groups excluding carboxylic acids is 1. The van der Waals surface area contributed by atoms with Crippen LogP contribution in [-0.4, -0.2) is 26.6 Å². The van der Waals surface area contributed by atoms with Crippen LogP contribution >= 0.6 is 0 Å². The Balaban J connectivity index is 2.23. The van der Waals surface area contributed by atoms with E-state index < -0.39 is 27.8 Å². The quantitative estimate of drug-likeness (QED) is 0.785. The Hall–Kier alpha value is -2.41. The Bertz CT molecular complexity index is 898. The minimum absolute atomic E-state index is 0.150. The number of sulfonamides is 1. The van der Waals surface area contributed by atoms with Crippen molar-refractivity contribution >= 4 is 21.6 Å². The number of amides is 1. The summed E-state index contributed by atoms with van der Waals surface area (Å²) in [4.78, 5) is 12.7. The summed E-state index contributed by atoms with van der Waals surface area (Å²) in [6.45, 7) is 5.32. The molecule has 7 heteroatoms. The lowest BCUT2D eigenvalue weighted by Gasteiger charge is -2.29. The molecule has 0 unspecified atom stereocenters. The van der Waals surface area contributed by atoms with Gasteiger partial charge in [-0.15, -0.1) is 0 Å². The van der Waals surface area contributed by atoms with Gasteiger partial charge >= 0.3 is 0 Å². The second kappa shape index (κ2) is 8.52. The first kappa shape index (κ1) is 20.9. The van der Waals surface area contributed by atoms with Crippen LogP contribution in [0.4, 0.5) is 10.1 Å². The summed E-state index contributed by atoms with van der Waals surface area (Å²) in [7, 11) is -3.86. The van der Waals surface area contributed by atoms with Crippen LogP contribution in [0.1, 0.15) is 37.9 Å². The number of rotatable bonds is 7. The molecule has 0 aromatic heterocycles. The Kier molecular flexibility index (Phi) is 6.59. The number of hydrogen-bond donors (Lipinski definition) is 1. The van der Waals surface area contributed by atoms with Crippen LogP contribution in [0.25, 0.3) is 0 Å². The third-order valence-corrected chi connectivity index (χ3v) is 5.65. The zero-order valence-corrected chi connectivity index (χ0v) is 16.8. The fraction of sp³-hybridized carbons (Fsp3) is 0.350. The predicted molar refractivity (Wildman–Crippen MR) is 106 cm³/mol. The van der Waals surface area contributed by atoms with Crippen LogP contribution in [-0.2, 0) is 21.2 Å². The van der Waals surface area contributed by atoms with Gasteiger partial charge in [-0.2, -0.15) is 0 Å². The first-order chi connectivity index (χ1) is 12.6. The zero-order chi connectivity index (χ0) is 20.2. The van der Waals surface area contributed by atoms with E-state index in [9.17, 15) is 17.6 Å². The molecule has 1 amide bonds. The number of anilines is 1. The Morgan fingerprint density at radius 3 is 2.22 bits per heavy atom. The van der Waals surface area contributed by atoms with Crippen LogP contribution in [0.3, 0.4) is 0 Å². The van der Waals surface area contributed by atoms with E-state index in [1.54, 1.807) is 0 Å². The van der Waals surface area contributed by atoms with Crippen molar-refractivity contribution in [2.75, 3.05) is 10.6 Å². The molecule has 5 nitrogen and oxygen atoms in total. The lowest BCUT2D eigenvalue weighted by atomic mass is 10.0. The molecule has 1 N–H and O–H groups in total. The molecule has 0 fully saturated rings. The topological polar surface area (TPSA) is 66.5 Å². The highest BCUT2D eigenvalue weighted by Crippen LogP contribution is 2.24. The third-order valence-electron chi connectivity index (χ3n) is 4.43. The van der Waals surface area contributed by atoms with Gasteiger partial charge in [-0.3, -0.25) is 9.10 Å². The number of hydrogen-bond acceptors (Lipinski definition) is 3. The number of halogens is 1. The summed E-state index contributed by atoms with van der Waals surface area (Å²) in [5.41, 5.74) is 1.94. The molecular formula is C20H25FN2O3S. The maximum absolute atomic E-state index is 14.2. The monoisotopic (exact) mass is 392 g/mol. The van der Waals surface area contributed by atoms with Crippen LogP contribution < -0.4 is 9.62 Å². The van der Waals surface area contributed by atoms with Crippen molar-refractivity contribution in [1.29, 1.82) is 0 Å². The number of nitrogens with one attached hydrogen (secondary N) is 1. The van der Waals surface area contributed by atoms with Gasteiger partial charge in [0.25, 0.3) is 0 Å². The lowest BCUT2D eigenvalue weighted by molar-refractivity contribution is -0.122. The molecule has 0 heterocycles. The minimum Gasteiger partial charge on any atom is -0.348 e. The highest BCUT2D eigenvalue weighted by atomic mass is 32.2. The maximum atomic E-state index is 14.2. The minimum atomic E-state index is -3.86. The molecule has 2 rings (SSSR count). The molecule has 0 spiro atoms. The van der Waals surface area contributed by atoms with E-state index in [0.29, 0.717) is 0 Å². The Morgan fingerprint density at radius 2 is 1.70 bits per heavy atom. The molecule has 0 saturated heterocycles. The lowest BCUT2D eigenvalue weighted by Crippen LogP contribution is -2.48. The van der Waals surface area contributed by atoms with Gasteiger partial charge in [0.1, 0.15) is 11.9 Å². The third kappa shape index (κ3) is 5.07. The summed E-state index contributed by atoms with van der Waals surface area (Å²) >= 11 is 0. The van der Waals surface area contributed by atoms with Crippen LogP contribution in [0.5, 0.6) is 0 Å². The number of para-hydroxylation sites is 1. The van der Waals surface area contributed by atoms with Crippen molar-refractivity contribution in [2.45, 2.75) is 39.3 Å². The molecule has 0 saturated carbocycles. The number of aryl methyl sites for hydroxylation is 1. The van der Waals surface area contributed by atoms with Gasteiger partial charge in [-0.1, -0.05) is 43.3 Å². The summed E-state index contributed by atoms with van der Waals surface area (Å²) in [6.07, 6.45) is 1.88. The molecule has 0 aliphatic rings. The van der Waals surface area contributed by atoms with E-state index in [1.807, 2.05) is 31.2 Å². The average Bonchev–Trinajstić information content (AvgIpc) is 2.62. The van der Waals surface area contributed by atoms with Gasteiger partial charge in [0.2, 0.25) is 15.9 Å². The van der Waals surface area contributed by atoms with Gasteiger partial charge in [0.05, 0.1) is 18.0 Å². The Labute approximate surface area is 160 Å². The van der Waals surface area contributed by atoms with Crippen molar-refractivity contribution in [2.24, 2.45) is 0 Å². The van der Waals surface area contributed by atoms with E-state index in [2.05, 4.69) is 12.2 Å². The standard InChI is InChI=1S/C20H25FN2O3S/c1-5-16-10-12-17(13-11-16)14(2)22-20(24)15(3)23(27(4,25)26)19-9-7-6-8-18(19)21/h6-15H,5H2,1-4H3,(H,22,24)/t14-,15-/m0/s1. The van der Waals surface area contributed by atoms with Crippen molar-refractivity contribution < 1.29 is 17.6 Å². The number of nitrogens with zero attached hydrogens (tertiary/aromatic N) is 1. The molecular weight excluding hydrogens is 367 g/mol. The van der Waals surface area contributed by atoms with Crippen LogP contribution in [0, 0.1) is 5.82 Å². The molecule has 0 radical (unpaired) electrons. The van der Waals surface area contributed by atoms with E-state index in [1.165, 1.54) is 30.7 Å². The van der Waals surface area contributed by atoms with Crippen molar-refractivity contribution in [3.8, 4) is 0 Å². The smallest absolute Gasteiger partial charge is 0.244 e. The SMILES string of the molecule is CCc1ccc([C@H](C)NC(=O)[C@H](C)N(c2ccccc2F)S(C)(=O)=O)cc1. The molecule has 0 bridgehead atoms. The molecule has 0 aliphatic carbocycles. The second-order valence-corrected chi connectivity index (χ2v) is 8.37. The fourth-order valence-corrected chi connectivity index (χ4v) is 4.05. The van der Waals surface area contributed by atoms with Gasteiger partial charge in [0.15, 0.2) is 0 Å².